The van der Waals surface area contributed by atoms with E-state index in [1.54, 1.807) is 0 Å². The van der Waals surface area contributed by atoms with E-state index in [4.69, 9.17) is 16.6 Å². The second-order valence-electron chi connectivity index (χ2n) is 6.22. The first-order valence-corrected chi connectivity index (χ1v) is 8.84. The van der Waals surface area contributed by atoms with Crippen LogP contribution < -0.4 is 4.90 Å². The van der Waals surface area contributed by atoms with Crippen LogP contribution in [0, 0.1) is 0 Å². The molecule has 0 saturated carbocycles. The second kappa shape index (κ2) is 6.40. The van der Waals surface area contributed by atoms with Crippen LogP contribution in [0.3, 0.4) is 0 Å². The SMILES string of the molecule is CCc1nc(Cl)cc(N2CCC(c3nc4ccccc4[nH]3)CC2)n1. The smallest absolute Gasteiger partial charge is 0.134 e. The normalized spacial score (nSPS) is 16.0. The van der Waals surface area contributed by atoms with E-state index >= 15 is 0 Å². The fraction of sp³-hybridized carbons (Fsp3) is 0.389. The monoisotopic (exact) mass is 341 g/mol. The standard InChI is InChI=1S/C18H20ClN5/c1-2-16-22-15(19)11-17(23-16)24-9-7-12(8-10-24)18-20-13-5-3-4-6-14(13)21-18/h3-6,11-12H,2,7-10H2,1H3,(H,20,21). The Morgan fingerprint density at radius 1 is 1.17 bits per heavy atom. The molecular weight excluding hydrogens is 322 g/mol. The van der Waals surface area contributed by atoms with Gasteiger partial charge in [-0.1, -0.05) is 30.7 Å². The molecular formula is C18H20ClN5. The van der Waals surface area contributed by atoms with Crippen LogP contribution in [-0.4, -0.2) is 33.0 Å². The predicted molar refractivity (Wildman–Crippen MR) is 96.7 cm³/mol. The van der Waals surface area contributed by atoms with E-state index in [0.717, 1.165) is 60.9 Å². The number of para-hydroxylation sites is 2. The van der Waals surface area contributed by atoms with Gasteiger partial charge in [-0.3, -0.25) is 0 Å². The van der Waals surface area contributed by atoms with Crippen LogP contribution in [0.4, 0.5) is 5.82 Å². The Bertz CT molecular complexity index is 818. The number of rotatable bonds is 3. The van der Waals surface area contributed by atoms with Gasteiger partial charge in [0.25, 0.3) is 0 Å². The van der Waals surface area contributed by atoms with Crippen molar-refractivity contribution in [2.45, 2.75) is 32.1 Å². The molecule has 0 radical (unpaired) electrons. The molecule has 1 aliphatic rings. The molecule has 1 N–H and O–H groups in total. The molecule has 0 bridgehead atoms. The molecule has 4 rings (SSSR count). The summed E-state index contributed by atoms with van der Waals surface area (Å²) >= 11 is 6.12. The third-order valence-electron chi connectivity index (χ3n) is 4.66. The molecule has 1 fully saturated rings. The molecule has 1 aromatic carbocycles. The van der Waals surface area contributed by atoms with Gasteiger partial charge in [0.15, 0.2) is 0 Å². The Labute approximate surface area is 146 Å². The lowest BCUT2D eigenvalue weighted by Crippen LogP contribution is -2.34. The van der Waals surface area contributed by atoms with Gasteiger partial charge in [0.2, 0.25) is 0 Å². The minimum absolute atomic E-state index is 0.469. The number of nitrogens with one attached hydrogen (secondary N) is 1. The summed E-state index contributed by atoms with van der Waals surface area (Å²) in [6.07, 6.45) is 2.91. The lowest BCUT2D eigenvalue weighted by Gasteiger charge is -2.32. The number of hydrogen-bond acceptors (Lipinski definition) is 4. The van der Waals surface area contributed by atoms with Gasteiger partial charge in [0.05, 0.1) is 11.0 Å². The summed E-state index contributed by atoms with van der Waals surface area (Å²) < 4.78 is 0. The van der Waals surface area contributed by atoms with Crippen LogP contribution in [-0.2, 0) is 6.42 Å². The molecule has 0 atom stereocenters. The number of imidazole rings is 1. The van der Waals surface area contributed by atoms with Crippen molar-refractivity contribution in [2.75, 3.05) is 18.0 Å². The third-order valence-corrected chi connectivity index (χ3v) is 4.85. The van der Waals surface area contributed by atoms with Crippen LogP contribution in [0.15, 0.2) is 30.3 Å². The van der Waals surface area contributed by atoms with E-state index in [2.05, 4.69) is 32.0 Å². The average Bonchev–Trinajstić information content (AvgIpc) is 3.05. The molecule has 3 aromatic rings. The Morgan fingerprint density at radius 3 is 2.71 bits per heavy atom. The van der Waals surface area contributed by atoms with E-state index < -0.39 is 0 Å². The zero-order chi connectivity index (χ0) is 16.5. The molecule has 3 heterocycles. The minimum Gasteiger partial charge on any atom is -0.356 e. The summed E-state index contributed by atoms with van der Waals surface area (Å²) in [7, 11) is 0. The van der Waals surface area contributed by atoms with Crippen LogP contribution >= 0.6 is 11.6 Å². The quantitative estimate of drug-likeness (QED) is 0.733. The number of fused-ring (bicyclic) bond motifs is 1. The molecule has 0 aliphatic carbocycles. The third kappa shape index (κ3) is 2.96. The molecule has 0 unspecified atom stereocenters. The van der Waals surface area contributed by atoms with Crippen molar-refractivity contribution in [3.63, 3.8) is 0 Å². The lowest BCUT2D eigenvalue weighted by atomic mass is 9.96. The van der Waals surface area contributed by atoms with Gasteiger partial charge in [-0.2, -0.15) is 0 Å². The largest absolute Gasteiger partial charge is 0.356 e. The number of aromatic amines is 1. The first-order valence-electron chi connectivity index (χ1n) is 8.46. The number of aromatic nitrogens is 4. The van der Waals surface area contributed by atoms with Gasteiger partial charge in [-0.15, -0.1) is 0 Å². The van der Waals surface area contributed by atoms with Crippen molar-refractivity contribution in [1.82, 2.24) is 19.9 Å². The number of anilines is 1. The summed E-state index contributed by atoms with van der Waals surface area (Å²) in [6.45, 7) is 3.96. The summed E-state index contributed by atoms with van der Waals surface area (Å²) in [5.41, 5.74) is 2.16. The number of H-pyrrole nitrogens is 1. The first-order chi connectivity index (χ1) is 11.7. The zero-order valence-electron chi connectivity index (χ0n) is 13.7. The molecule has 2 aromatic heterocycles. The summed E-state index contributed by atoms with van der Waals surface area (Å²) in [4.78, 5) is 19.4. The minimum atomic E-state index is 0.469. The molecule has 1 saturated heterocycles. The van der Waals surface area contributed by atoms with Crippen LogP contribution in [0.2, 0.25) is 5.15 Å². The Kier molecular flexibility index (Phi) is 4.10. The fourth-order valence-electron chi connectivity index (χ4n) is 3.32. The molecule has 0 amide bonds. The van der Waals surface area contributed by atoms with Crippen molar-refractivity contribution in [1.29, 1.82) is 0 Å². The summed E-state index contributed by atoms with van der Waals surface area (Å²) in [5, 5.41) is 0.524. The summed E-state index contributed by atoms with van der Waals surface area (Å²) in [6, 6.07) is 10.1. The van der Waals surface area contributed by atoms with Crippen molar-refractivity contribution in [2.24, 2.45) is 0 Å². The number of nitrogens with zero attached hydrogens (tertiary/aromatic N) is 4. The van der Waals surface area contributed by atoms with Gasteiger partial charge in [-0.05, 0) is 25.0 Å². The van der Waals surface area contributed by atoms with Gasteiger partial charge in [0.1, 0.15) is 22.6 Å². The molecule has 1 aliphatic heterocycles. The molecule has 6 heteroatoms. The van der Waals surface area contributed by atoms with E-state index in [1.807, 2.05) is 25.1 Å². The zero-order valence-corrected chi connectivity index (χ0v) is 14.4. The molecule has 0 spiro atoms. The van der Waals surface area contributed by atoms with Crippen LogP contribution in [0.25, 0.3) is 11.0 Å². The average molecular weight is 342 g/mol. The van der Waals surface area contributed by atoms with Crippen LogP contribution in [0.1, 0.15) is 37.3 Å². The maximum Gasteiger partial charge on any atom is 0.134 e. The number of aryl methyl sites for hydroxylation is 1. The second-order valence-corrected chi connectivity index (χ2v) is 6.61. The maximum absolute atomic E-state index is 6.12. The first kappa shape index (κ1) is 15.4. The molecule has 24 heavy (non-hydrogen) atoms. The van der Waals surface area contributed by atoms with E-state index in [1.165, 1.54) is 0 Å². The summed E-state index contributed by atoms with van der Waals surface area (Å²) in [5.74, 6) is 3.31. The highest BCUT2D eigenvalue weighted by atomic mass is 35.5. The van der Waals surface area contributed by atoms with Gasteiger partial charge >= 0.3 is 0 Å². The number of benzene rings is 1. The van der Waals surface area contributed by atoms with E-state index in [0.29, 0.717) is 11.1 Å². The predicted octanol–water partition coefficient (Wildman–Crippen LogP) is 3.95. The topological polar surface area (TPSA) is 57.7 Å². The Morgan fingerprint density at radius 2 is 1.96 bits per heavy atom. The van der Waals surface area contributed by atoms with Gasteiger partial charge in [0, 0.05) is 31.5 Å². The number of halogens is 1. The Hall–Kier alpha value is -2.14. The molecule has 124 valence electrons. The van der Waals surface area contributed by atoms with E-state index in [-0.39, 0.29) is 0 Å². The van der Waals surface area contributed by atoms with Gasteiger partial charge in [-0.25, -0.2) is 15.0 Å². The molecule has 5 nitrogen and oxygen atoms in total. The van der Waals surface area contributed by atoms with E-state index in [9.17, 15) is 0 Å². The number of piperidine rings is 1. The highest BCUT2D eigenvalue weighted by Gasteiger charge is 2.24. The lowest BCUT2D eigenvalue weighted by molar-refractivity contribution is 0.486. The number of hydrogen-bond donors (Lipinski definition) is 1. The van der Waals surface area contributed by atoms with Crippen molar-refractivity contribution in [3.8, 4) is 0 Å². The maximum atomic E-state index is 6.12. The Balaban J connectivity index is 1.49. The van der Waals surface area contributed by atoms with Crippen molar-refractivity contribution in [3.05, 3.63) is 47.1 Å². The highest BCUT2D eigenvalue weighted by Crippen LogP contribution is 2.30. The highest BCUT2D eigenvalue weighted by molar-refractivity contribution is 6.29. The van der Waals surface area contributed by atoms with Crippen molar-refractivity contribution < 1.29 is 0 Å². The van der Waals surface area contributed by atoms with Gasteiger partial charge < -0.3 is 9.88 Å². The van der Waals surface area contributed by atoms with Crippen molar-refractivity contribution >= 4 is 28.5 Å². The fourth-order valence-corrected chi connectivity index (χ4v) is 3.51. The van der Waals surface area contributed by atoms with Crippen LogP contribution in [0.5, 0.6) is 0 Å².